The Hall–Kier alpha value is -2.58. The summed E-state index contributed by atoms with van der Waals surface area (Å²) in [7, 11) is 0. The topological polar surface area (TPSA) is 77.1 Å². The van der Waals surface area contributed by atoms with Gasteiger partial charge in [0.1, 0.15) is 11.5 Å². The van der Waals surface area contributed by atoms with E-state index in [1.807, 2.05) is 0 Å². The molecule has 1 N–H and O–H groups in total. The second-order valence-electron chi connectivity index (χ2n) is 4.86. The number of alkyl halides is 3. The number of aromatic nitrogens is 2. The summed E-state index contributed by atoms with van der Waals surface area (Å²) in [5.74, 6) is 0.581. The van der Waals surface area contributed by atoms with Gasteiger partial charge in [0, 0.05) is 12.6 Å². The quantitative estimate of drug-likeness (QED) is 0.929. The highest BCUT2D eigenvalue weighted by Gasteiger charge is 2.33. The summed E-state index contributed by atoms with van der Waals surface area (Å²) < 4.78 is 43.6. The van der Waals surface area contributed by atoms with Crippen LogP contribution < -0.4 is 10.9 Å². The molecule has 2 aromatic heterocycles. The Kier molecular flexibility index (Phi) is 4.57. The number of halogens is 3. The minimum Gasteiger partial charge on any atom is -0.466 e. The SMILES string of the molecule is Cc1cc(C(=O)NCCn2nc(C(F)(F)F)ccc2=O)c(C)o1. The van der Waals surface area contributed by atoms with Crippen LogP contribution >= 0.6 is 0 Å². The molecule has 2 heterocycles. The van der Waals surface area contributed by atoms with E-state index in [2.05, 4.69) is 10.4 Å². The lowest BCUT2D eigenvalue weighted by Crippen LogP contribution is -2.33. The first kappa shape index (κ1) is 16.8. The fraction of sp³-hybridized carbons (Fsp3) is 0.357. The Morgan fingerprint density at radius 2 is 2.04 bits per heavy atom. The Morgan fingerprint density at radius 1 is 1.35 bits per heavy atom. The van der Waals surface area contributed by atoms with E-state index in [0.29, 0.717) is 27.8 Å². The molecule has 23 heavy (non-hydrogen) atoms. The fourth-order valence-electron chi connectivity index (χ4n) is 1.99. The summed E-state index contributed by atoms with van der Waals surface area (Å²) in [6.07, 6.45) is -4.63. The molecule has 0 radical (unpaired) electrons. The van der Waals surface area contributed by atoms with Crippen LogP contribution in [0.3, 0.4) is 0 Å². The van der Waals surface area contributed by atoms with Gasteiger partial charge in [0.25, 0.3) is 11.5 Å². The Bertz CT molecular complexity index is 778. The molecule has 2 aromatic rings. The van der Waals surface area contributed by atoms with E-state index in [1.165, 1.54) is 0 Å². The summed E-state index contributed by atoms with van der Waals surface area (Å²) in [4.78, 5) is 23.4. The summed E-state index contributed by atoms with van der Waals surface area (Å²) in [5.41, 5.74) is -1.50. The molecule has 124 valence electrons. The molecule has 0 unspecified atom stereocenters. The van der Waals surface area contributed by atoms with Gasteiger partial charge in [0.05, 0.1) is 12.1 Å². The number of nitrogens with zero attached hydrogens (tertiary/aromatic N) is 2. The lowest BCUT2D eigenvalue weighted by atomic mass is 10.2. The van der Waals surface area contributed by atoms with Crippen LogP contribution in [0.5, 0.6) is 0 Å². The van der Waals surface area contributed by atoms with Crippen molar-refractivity contribution in [1.82, 2.24) is 15.1 Å². The highest BCUT2D eigenvalue weighted by atomic mass is 19.4. The van der Waals surface area contributed by atoms with E-state index in [4.69, 9.17) is 4.42 Å². The third kappa shape index (κ3) is 3.99. The third-order valence-electron chi connectivity index (χ3n) is 3.05. The van der Waals surface area contributed by atoms with Crippen LogP contribution in [0.15, 0.2) is 27.4 Å². The number of aryl methyl sites for hydroxylation is 2. The predicted molar refractivity (Wildman–Crippen MR) is 74.0 cm³/mol. The second kappa shape index (κ2) is 6.27. The molecule has 0 aliphatic heterocycles. The molecule has 0 saturated heterocycles. The smallest absolute Gasteiger partial charge is 0.435 e. The van der Waals surface area contributed by atoms with Crippen LogP contribution in [-0.2, 0) is 12.7 Å². The van der Waals surface area contributed by atoms with Gasteiger partial charge >= 0.3 is 6.18 Å². The number of nitrogens with one attached hydrogen (secondary N) is 1. The average Bonchev–Trinajstić information content (AvgIpc) is 2.78. The molecule has 0 atom stereocenters. The highest BCUT2D eigenvalue weighted by molar-refractivity contribution is 5.95. The molecule has 0 spiro atoms. The number of rotatable bonds is 4. The monoisotopic (exact) mass is 329 g/mol. The Morgan fingerprint density at radius 3 is 2.61 bits per heavy atom. The molecule has 0 saturated carbocycles. The van der Waals surface area contributed by atoms with Crippen molar-refractivity contribution in [2.45, 2.75) is 26.6 Å². The first-order valence-corrected chi connectivity index (χ1v) is 6.69. The number of hydrogen-bond donors (Lipinski definition) is 1. The normalized spacial score (nSPS) is 11.5. The molecule has 0 fully saturated rings. The van der Waals surface area contributed by atoms with Gasteiger partial charge in [-0.25, -0.2) is 4.68 Å². The lowest BCUT2D eigenvalue weighted by Gasteiger charge is -2.09. The van der Waals surface area contributed by atoms with Gasteiger partial charge in [-0.05, 0) is 26.0 Å². The molecular formula is C14H14F3N3O3. The number of carbonyl (C=O) groups excluding carboxylic acids is 1. The van der Waals surface area contributed by atoms with Crippen molar-refractivity contribution in [2.75, 3.05) is 6.54 Å². The van der Waals surface area contributed by atoms with Crippen molar-refractivity contribution in [3.05, 3.63) is 51.3 Å². The molecule has 2 rings (SSSR count). The van der Waals surface area contributed by atoms with Crippen LogP contribution in [-0.4, -0.2) is 22.2 Å². The van der Waals surface area contributed by atoms with Gasteiger partial charge in [0.2, 0.25) is 0 Å². The van der Waals surface area contributed by atoms with Crippen molar-refractivity contribution in [1.29, 1.82) is 0 Å². The molecule has 9 heteroatoms. The van der Waals surface area contributed by atoms with Crippen molar-refractivity contribution < 1.29 is 22.4 Å². The number of furan rings is 1. The van der Waals surface area contributed by atoms with Gasteiger partial charge in [-0.2, -0.15) is 18.3 Å². The van der Waals surface area contributed by atoms with Crippen molar-refractivity contribution >= 4 is 5.91 Å². The maximum absolute atomic E-state index is 12.6. The van der Waals surface area contributed by atoms with Gasteiger partial charge in [0.15, 0.2) is 5.69 Å². The van der Waals surface area contributed by atoms with Crippen LogP contribution in [0.1, 0.15) is 27.6 Å². The zero-order valence-corrected chi connectivity index (χ0v) is 12.4. The van der Waals surface area contributed by atoms with E-state index >= 15 is 0 Å². The summed E-state index contributed by atoms with van der Waals surface area (Å²) in [6, 6.07) is 2.97. The molecule has 1 amide bonds. The van der Waals surface area contributed by atoms with Gasteiger partial charge < -0.3 is 9.73 Å². The van der Waals surface area contributed by atoms with E-state index < -0.39 is 23.3 Å². The van der Waals surface area contributed by atoms with Crippen molar-refractivity contribution in [3.8, 4) is 0 Å². The summed E-state index contributed by atoms with van der Waals surface area (Å²) in [6.45, 7) is 3.09. The molecule has 6 nitrogen and oxygen atoms in total. The number of hydrogen-bond acceptors (Lipinski definition) is 4. The molecule has 0 aromatic carbocycles. The minimum atomic E-state index is -4.63. The van der Waals surface area contributed by atoms with Crippen molar-refractivity contribution in [2.24, 2.45) is 0 Å². The van der Waals surface area contributed by atoms with Gasteiger partial charge in [-0.3, -0.25) is 9.59 Å². The maximum Gasteiger partial charge on any atom is 0.435 e. The van der Waals surface area contributed by atoms with Crippen molar-refractivity contribution in [3.63, 3.8) is 0 Å². The third-order valence-corrected chi connectivity index (χ3v) is 3.05. The zero-order chi connectivity index (χ0) is 17.2. The molecular weight excluding hydrogens is 315 g/mol. The minimum absolute atomic E-state index is 0.0449. The maximum atomic E-state index is 12.6. The lowest BCUT2D eigenvalue weighted by molar-refractivity contribution is -0.142. The molecule has 0 aliphatic carbocycles. The van der Waals surface area contributed by atoms with Gasteiger partial charge in [-0.15, -0.1) is 0 Å². The fourth-order valence-corrected chi connectivity index (χ4v) is 1.99. The average molecular weight is 329 g/mol. The van der Waals surface area contributed by atoms with Crippen LogP contribution in [0.2, 0.25) is 0 Å². The van der Waals surface area contributed by atoms with Gasteiger partial charge in [-0.1, -0.05) is 0 Å². The summed E-state index contributed by atoms with van der Waals surface area (Å²) in [5, 5.41) is 5.75. The number of carbonyl (C=O) groups is 1. The van der Waals surface area contributed by atoms with E-state index in [9.17, 15) is 22.8 Å². The highest BCUT2D eigenvalue weighted by Crippen LogP contribution is 2.26. The van der Waals surface area contributed by atoms with Crippen LogP contribution in [0.4, 0.5) is 13.2 Å². The first-order valence-electron chi connectivity index (χ1n) is 6.69. The number of amides is 1. The van der Waals surface area contributed by atoms with E-state index in [-0.39, 0.29) is 13.1 Å². The Labute approximate surface area is 128 Å². The van der Waals surface area contributed by atoms with Crippen LogP contribution in [0, 0.1) is 13.8 Å². The van der Waals surface area contributed by atoms with Crippen LogP contribution in [0.25, 0.3) is 0 Å². The molecule has 0 bridgehead atoms. The second-order valence-corrected chi connectivity index (χ2v) is 4.86. The Balaban J connectivity index is 2.03. The standard InChI is InChI=1S/C14H14F3N3O3/c1-8-7-10(9(2)23-8)13(22)18-5-6-20-12(21)4-3-11(19-20)14(15,16)17/h3-4,7H,5-6H2,1-2H3,(H,18,22). The predicted octanol–water partition coefficient (Wildman–Crippen LogP) is 1.90. The van der Waals surface area contributed by atoms with E-state index in [1.54, 1.807) is 19.9 Å². The largest absolute Gasteiger partial charge is 0.466 e. The molecule has 0 aliphatic rings. The summed E-state index contributed by atoms with van der Waals surface area (Å²) >= 11 is 0. The zero-order valence-electron chi connectivity index (χ0n) is 12.4. The van der Waals surface area contributed by atoms with E-state index in [0.717, 1.165) is 6.07 Å². The first-order chi connectivity index (χ1) is 10.7.